The van der Waals surface area contributed by atoms with Crippen molar-refractivity contribution in [3.8, 4) is 0 Å². The highest BCUT2D eigenvalue weighted by molar-refractivity contribution is 5.95. The molecule has 38 heavy (non-hydrogen) atoms. The van der Waals surface area contributed by atoms with Crippen molar-refractivity contribution in [1.82, 2.24) is 15.1 Å². The molecule has 13 heteroatoms. The maximum Gasteiger partial charge on any atom is 0.416 e. The molecular formula is C25H27F4N5O4. The number of halogens is 4. The molecule has 4 rings (SSSR count). The predicted octanol–water partition coefficient (Wildman–Crippen LogP) is 3.89. The zero-order valence-electron chi connectivity index (χ0n) is 20.3. The van der Waals surface area contributed by atoms with Crippen LogP contribution in [0.1, 0.15) is 18.4 Å². The van der Waals surface area contributed by atoms with Crippen LogP contribution >= 0.6 is 0 Å². The molecule has 2 aliphatic heterocycles. The number of piperazine rings is 1. The number of rotatable bonds is 5. The topological polar surface area (TPSA) is 103 Å². The van der Waals surface area contributed by atoms with Crippen LogP contribution < -0.4 is 16.0 Å². The lowest BCUT2D eigenvalue weighted by Gasteiger charge is -2.40. The van der Waals surface area contributed by atoms with E-state index in [9.17, 15) is 31.9 Å². The second kappa shape index (κ2) is 11.7. The Kier molecular flexibility index (Phi) is 8.35. The minimum atomic E-state index is -4.50. The van der Waals surface area contributed by atoms with Crippen molar-refractivity contribution in [2.75, 3.05) is 43.4 Å². The maximum atomic E-state index is 13.2. The number of ether oxygens (including phenoxy) is 1. The molecule has 0 aliphatic carbocycles. The lowest BCUT2D eigenvalue weighted by molar-refractivity contribution is -0.137. The minimum Gasteiger partial charge on any atom is -0.376 e. The summed E-state index contributed by atoms with van der Waals surface area (Å²) in [6.45, 7) is 0.777. The third-order valence-corrected chi connectivity index (χ3v) is 6.32. The average Bonchev–Trinajstić information content (AvgIpc) is 3.42. The van der Waals surface area contributed by atoms with E-state index in [0.29, 0.717) is 12.3 Å². The fraction of sp³-hybridized carbons (Fsp3) is 0.400. The molecule has 204 valence electrons. The van der Waals surface area contributed by atoms with Gasteiger partial charge in [-0.2, -0.15) is 13.2 Å². The number of nitrogens with zero attached hydrogens (tertiary/aromatic N) is 2. The Hall–Kier alpha value is -3.87. The van der Waals surface area contributed by atoms with E-state index in [1.54, 1.807) is 0 Å². The minimum absolute atomic E-state index is 0.00543. The molecule has 3 N–H and O–H groups in total. The fourth-order valence-corrected chi connectivity index (χ4v) is 4.25. The second-order valence-corrected chi connectivity index (χ2v) is 8.98. The summed E-state index contributed by atoms with van der Waals surface area (Å²) in [5.74, 6) is -0.955. The van der Waals surface area contributed by atoms with Crippen LogP contribution in [0, 0.1) is 5.82 Å². The van der Waals surface area contributed by atoms with Crippen LogP contribution in [0.5, 0.6) is 0 Å². The third-order valence-electron chi connectivity index (χ3n) is 6.32. The van der Waals surface area contributed by atoms with Crippen molar-refractivity contribution in [2.24, 2.45) is 0 Å². The first-order chi connectivity index (χ1) is 18.1. The standard InChI is InChI=1S/C25H27F4N5O4/c26-17-5-9-19(10-6-17)32-24(37)34-12-11-33(15-21(34)22(35)30-14-20-2-1-13-38-20)23(36)31-18-7-3-16(4-8-18)25(27,28)29/h3-10,20-21H,1-2,11-15H2,(H,30,35)(H,31,36)(H,32,37). The summed E-state index contributed by atoms with van der Waals surface area (Å²) in [5.41, 5.74) is -0.365. The van der Waals surface area contributed by atoms with E-state index in [1.807, 2.05) is 0 Å². The zero-order chi connectivity index (χ0) is 27.3. The normalized spacial score (nSPS) is 19.7. The van der Waals surface area contributed by atoms with E-state index in [1.165, 1.54) is 34.1 Å². The van der Waals surface area contributed by atoms with Crippen LogP contribution in [0.2, 0.25) is 0 Å². The first-order valence-electron chi connectivity index (χ1n) is 12.1. The van der Waals surface area contributed by atoms with Gasteiger partial charge in [0.1, 0.15) is 11.9 Å². The summed E-state index contributed by atoms with van der Waals surface area (Å²) < 4.78 is 57.2. The highest BCUT2D eigenvalue weighted by Gasteiger charge is 2.37. The number of urea groups is 2. The molecule has 0 saturated carbocycles. The Bertz CT molecular complexity index is 1140. The van der Waals surface area contributed by atoms with Gasteiger partial charge in [-0.15, -0.1) is 0 Å². The second-order valence-electron chi connectivity index (χ2n) is 8.98. The summed E-state index contributed by atoms with van der Waals surface area (Å²) in [7, 11) is 0. The number of alkyl halides is 3. The van der Waals surface area contributed by atoms with Gasteiger partial charge in [0.15, 0.2) is 0 Å². The third kappa shape index (κ3) is 6.91. The zero-order valence-corrected chi connectivity index (χ0v) is 20.3. The fourth-order valence-electron chi connectivity index (χ4n) is 4.25. The highest BCUT2D eigenvalue weighted by Crippen LogP contribution is 2.30. The SMILES string of the molecule is O=C(NCC1CCCO1)C1CN(C(=O)Nc2ccc(C(F)(F)F)cc2)CCN1C(=O)Nc1ccc(F)cc1. The summed E-state index contributed by atoms with van der Waals surface area (Å²) >= 11 is 0. The van der Waals surface area contributed by atoms with Crippen LogP contribution in [0.15, 0.2) is 48.5 Å². The van der Waals surface area contributed by atoms with Crippen molar-refractivity contribution >= 4 is 29.3 Å². The van der Waals surface area contributed by atoms with Gasteiger partial charge in [0.25, 0.3) is 0 Å². The van der Waals surface area contributed by atoms with Gasteiger partial charge >= 0.3 is 18.2 Å². The number of carbonyl (C=O) groups is 3. The van der Waals surface area contributed by atoms with Gasteiger partial charge in [-0.05, 0) is 61.4 Å². The van der Waals surface area contributed by atoms with Crippen LogP contribution in [0.25, 0.3) is 0 Å². The molecule has 2 unspecified atom stereocenters. The van der Waals surface area contributed by atoms with Crippen molar-refractivity contribution in [2.45, 2.75) is 31.2 Å². The summed E-state index contributed by atoms with van der Waals surface area (Å²) in [4.78, 5) is 41.6. The Balaban J connectivity index is 1.43. The van der Waals surface area contributed by atoms with Crippen LogP contribution in [-0.2, 0) is 15.7 Å². The number of anilines is 2. The monoisotopic (exact) mass is 537 g/mol. The Morgan fingerprint density at radius 1 is 0.921 bits per heavy atom. The first kappa shape index (κ1) is 27.2. The molecule has 0 bridgehead atoms. The Labute approximate surface area is 216 Å². The lowest BCUT2D eigenvalue weighted by Crippen LogP contribution is -2.63. The molecule has 5 amide bonds. The predicted molar refractivity (Wildman–Crippen MR) is 130 cm³/mol. The molecule has 0 spiro atoms. The maximum absolute atomic E-state index is 13.2. The molecule has 2 aromatic rings. The number of amides is 5. The van der Waals surface area contributed by atoms with Crippen molar-refractivity contribution in [3.63, 3.8) is 0 Å². The number of hydrogen-bond acceptors (Lipinski definition) is 4. The van der Waals surface area contributed by atoms with Gasteiger partial charge in [0, 0.05) is 37.6 Å². The van der Waals surface area contributed by atoms with E-state index >= 15 is 0 Å². The van der Waals surface area contributed by atoms with E-state index < -0.39 is 41.6 Å². The molecule has 0 aromatic heterocycles. The van der Waals surface area contributed by atoms with Gasteiger partial charge in [0.05, 0.1) is 18.2 Å². The van der Waals surface area contributed by atoms with Gasteiger partial charge in [-0.3, -0.25) is 4.79 Å². The molecule has 2 aromatic carbocycles. The van der Waals surface area contributed by atoms with E-state index in [-0.39, 0.29) is 38.0 Å². The first-order valence-corrected chi connectivity index (χ1v) is 12.1. The number of hydrogen-bond donors (Lipinski definition) is 3. The summed E-state index contributed by atoms with van der Waals surface area (Å²) in [5, 5.41) is 7.94. The summed E-state index contributed by atoms with van der Waals surface area (Å²) in [6, 6.07) is 6.85. The molecule has 2 saturated heterocycles. The largest absolute Gasteiger partial charge is 0.416 e. The van der Waals surface area contributed by atoms with Crippen LogP contribution in [-0.4, -0.2) is 72.7 Å². The Morgan fingerprint density at radius 2 is 1.55 bits per heavy atom. The molecular weight excluding hydrogens is 510 g/mol. The van der Waals surface area contributed by atoms with E-state index in [2.05, 4.69) is 16.0 Å². The number of nitrogens with one attached hydrogen (secondary N) is 3. The van der Waals surface area contributed by atoms with Gasteiger partial charge in [0.2, 0.25) is 5.91 Å². The summed E-state index contributed by atoms with van der Waals surface area (Å²) in [6.07, 6.45) is -2.96. The van der Waals surface area contributed by atoms with Gasteiger partial charge < -0.3 is 30.5 Å². The van der Waals surface area contributed by atoms with Crippen LogP contribution in [0.3, 0.4) is 0 Å². The molecule has 2 aliphatic rings. The van der Waals surface area contributed by atoms with E-state index in [0.717, 1.165) is 37.1 Å². The van der Waals surface area contributed by atoms with Gasteiger partial charge in [-0.25, -0.2) is 14.0 Å². The molecule has 0 radical (unpaired) electrons. The molecule has 2 atom stereocenters. The van der Waals surface area contributed by atoms with Crippen molar-refractivity contribution in [1.29, 1.82) is 0 Å². The lowest BCUT2D eigenvalue weighted by atomic mass is 10.1. The highest BCUT2D eigenvalue weighted by atomic mass is 19.4. The van der Waals surface area contributed by atoms with Crippen LogP contribution in [0.4, 0.5) is 38.5 Å². The molecule has 2 heterocycles. The molecule has 9 nitrogen and oxygen atoms in total. The smallest absolute Gasteiger partial charge is 0.376 e. The number of carbonyl (C=O) groups excluding carboxylic acids is 3. The van der Waals surface area contributed by atoms with Gasteiger partial charge in [-0.1, -0.05) is 0 Å². The van der Waals surface area contributed by atoms with E-state index in [4.69, 9.17) is 4.74 Å². The molecule has 2 fully saturated rings. The van der Waals surface area contributed by atoms with Crippen molar-refractivity contribution in [3.05, 3.63) is 59.9 Å². The number of benzene rings is 2. The quantitative estimate of drug-likeness (QED) is 0.504. The Morgan fingerprint density at radius 3 is 2.16 bits per heavy atom. The average molecular weight is 538 g/mol. The van der Waals surface area contributed by atoms with Crippen molar-refractivity contribution < 1.29 is 36.7 Å².